The van der Waals surface area contributed by atoms with Gasteiger partial charge in [-0.2, -0.15) is 11.8 Å². The average Bonchev–Trinajstić information content (AvgIpc) is 2.32. The summed E-state index contributed by atoms with van der Waals surface area (Å²) in [4.78, 5) is 11.1. The first-order valence-corrected chi connectivity index (χ1v) is 7.00. The van der Waals surface area contributed by atoms with Crippen LogP contribution in [0.2, 0.25) is 0 Å². The summed E-state index contributed by atoms with van der Waals surface area (Å²) >= 11 is 2.00. The second kappa shape index (κ2) is 5.23. The Morgan fingerprint density at radius 2 is 2.29 bits per heavy atom. The molecule has 1 aromatic heterocycles. The number of nitrogens with zero attached hydrogens (tertiary/aromatic N) is 3. The van der Waals surface area contributed by atoms with Gasteiger partial charge in [0.05, 0.1) is 6.61 Å². The summed E-state index contributed by atoms with van der Waals surface area (Å²) in [5, 5.41) is 9.72. The maximum absolute atomic E-state index is 9.12. The van der Waals surface area contributed by atoms with E-state index in [1.54, 1.807) is 6.20 Å². The Labute approximate surface area is 106 Å². The van der Waals surface area contributed by atoms with Gasteiger partial charge < -0.3 is 10.0 Å². The molecule has 0 radical (unpaired) electrons. The number of aliphatic hydroxyl groups excluding tert-OH is 1. The molecule has 1 aromatic rings. The number of aliphatic hydroxyl groups is 1. The third-order valence-corrected chi connectivity index (χ3v) is 4.72. The molecule has 4 nitrogen and oxygen atoms in total. The van der Waals surface area contributed by atoms with Crippen molar-refractivity contribution in [2.24, 2.45) is 0 Å². The van der Waals surface area contributed by atoms with E-state index < -0.39 is 0 Å². The number of aryl methyl sites for hydroxylation is 1. The van der Waals surface area contributed by atoms with Gasteiger partial charge in [0.15, 0.2) is 0 Å². The second-order valence-corrected chi connectivity index (χ2v) is 5.93. The van der Waals surface area contributed by atoms with E-state index in [4.69, 9.17) is 5.11 Å². The normalized spacial score (nSPS) is 25.1. The van der Waals surface area contributed by atoms with Crippen LogP contribution in [0.4, 0.5) is 5.95 Å². The number of aromatic nitrogens is 2. The molecule has 1 N–H and O–H groups in total. The maximum Gasteiger partial charge on any atom is 0.225 e. The molecule has 2 heterocycles. The molecule has 0 saturated carbocycles. The summed E-state index contributed by atoms with van der Waals surface area (Å²) in [7, 11) is 0. The van der Waals surface area contributed by atoms with Gasteiger partial charge in [0.2, 0.25) is 5.95 Å². The summed E-state index contributed by atoms with van der Waals surface area (Å²) < 4.78 is 0. The van der Waals surface area contributed by atoms with E-state index in [2.05, 4.69) is 28.7 Å². The van der Waals surface area contributed by atoms with Crippen LogP contribution in [-0.2, 0) is 6.61 Å². The smallest absolute Gasteiger partial charge is 0.225 e. The average molecular weight is 253 g/mol. The molecule has 2 rings (SSSR count). The Kier molecular flexibility index (Phi) is 3.89. The fraction of sp³-hybridized carbons (Fsp3) is 0.667. The van der Waals surface area contributed by atoms with Gasteiger partial charge >= 0.3 is 0 Å². The fourth-order valence-electron chi connectivity index (χ4n) is 1.99. The molecule has 0 bridgehead atoms. The zero-order valence-electron chi connectivity index (χ0n) is 10.6. The minimum absolute atomic E-state index is 0.00786. The predicted molar refractivity (Wildman–Crippen MR) is 71.4 cm³/mol. The number of rotatable bonds is 2. The topological polar surface area (TPSA) is 49.2 Å². The van der Waals surface area contributed by atoms with Crippen LogP contribution >= 0.6 is 11.8 Å². The van der Waals surface area contributed by atoms with Crippen molar-refractivity contribution in [3.63, 3.8) is 0 Å². The molecule has 0 aliphatic carbocycles. The lowest BCUT2D eigenvalue weighted by atomic mass is 10.2. The van der Waals surface area contributed by atoms with E-state index in [9.17, 15) is 0 Å². The van der Waals surface area contributed by atoms with Gasteiger partial charge in [0.1, 0.15) is 0 Å². The van der Waals surface area contributed by atoms with Crippen molar-refractivity contribution in [1.82, 2.24) is 9.97 Å². The van der Waals surface area contributed by atoms with Gasteiger partial charge in [-0.25, -0.2) is 9.97 Å². The maximum atomic E-state index is 9.12. The summed E-state index contributed by atoms with van der Waals surface area (Å²) in [6.45, 7) is 7.39. The van der Waals surface area contributed by atoms with Crippen LogP contribution in [0.25, 0.3) is 0 Å². The van der Waals surface area contributed by atoms with Crippen LogP contribution in [-0.4, -0.2) is 38.7 Å². The van der Waals surface area contributed by atoms with Crippen molar-refractivity contribution >= 4 is 17.7 Å². The standard InChI is InChI=1S/C12H19N3OS/c1-8-11(7-16)6-13-12(14-8)15-4-5-17-10(3)9(15)2/h6,9-10,16H,4-5,7H2,1-3H3. The van der Waals surface area contributed by atoms with E-state index in [1.807, 2.05) is 18.7 Å². The highest BCUT2D eigenvalue weighted by atomic mass is 32.2. The highest BCUT2D eigenvalue weighted by Crippen LogP contribution is 2.27. The van der Waals surface area contributed by atoms with Crippen LogP contribution in [0.3, 0.4) is 0 Å². The molecular formula is C12H19N3OS. The monoisotopic (exact) mass is 253 g/mol. The third kappa shape index (κ3) is 2.55. The van der Waals surface area contributed by atoms with Crippen molar-refractivity contribution in [2.75, 3.05) is 17.2 Å². The van der Waals surface area contributed by atoms with E-state index in [1.165, 1.54) is 0 Å². The van der Waals surface area contributed by atoms with Gasteiger partial charge in [-0.1, -0.05) is 6.92 Å². The number of thioether (sulfide) groups is 1. The van der Waals surface area contributed by atoms with Gasteiger partial charge in [0, 0.05) is 41.0 Å². The van der Waals surface area contributed by atoms with E-state index in [0.717, 1.165) is 29.5 Å². The Hall–Kier alpha value is -0.810. The minimum Gasteiger partial charge on any atom is -0.392 e. The lowest BCUT2D eigenvalue weighted by Crippen LogP contribution is -2.45. The summed E-state index contributed by atoms with van der Waals surface area (Å²) in [5.41, 5.74) is 1.68. The first-order valence-electron chi connectivity index (χ1n) is 5.95. The van der Waals surface area contributed by atoms with Gasteiger partial charge in [-0.15, -0.1) is 0 Å². The molecule has 1 aliphatic rings. The molecule has 1 fully saturated rings. The number of anilines is 1. The third-order valence-electron chi connectivity index (χ3n) is 3.38. The molecule has 17 heavy (non-hydrogen) atoms. The SMILES string of the molecule is Cc1nc(N2CCSC(C)C2C)ncc1CO. The van der Waals surface area contributed by atoms with Crippen LogP contribution in [0, 0.1) is 6.92 Å². The summed E-state index contributed by atoms with van der Waals surface area (Å²) in [6.07, 6.45) is 1.73. The van der Waals surface area contributed by atoms with Crippen LogP contribution in [0.1, 0.15) is 25.1 Å². The lowest BCUT2D eigenvalue weighted by Gasteiger charge is -2.37. The first kappa shape index (κ1) is 12.6. The fourth-order valence-corrected chi connectivity index (χ4v) is 3.09. The van der Waals surface area contributed by atoms with Crippen LogP contribution in [0.15, 0.2) is 6.20 Å². The highest BCUT2D eigenvalue weighted by molar-refractivity contribution is 8.00. The zero-order chi connectivity index (χ0) is 12.4. The lowest BCUT2D eigenvalue weighted by molar-refractivity contribution is 0.280. The van der Waals surface area contributed by atoms with Crippen molar-refractivity contribution in [3.8, 4) is 0 Å². The van der Waals surface area contributed by atoms with Crippen molar-refractivity contribution in [1.29, 1.82) is 0 Å². The molecule has 0 aromatic carbocycles. The first-order chi connectivity index (χ1) is 8.13. The minimum atomic E-state index is 0.00786. The van der Waals surface area contributed by atoms with Gasteiger partial charge in [-0.05, 0) is 13.8 Å². The van der Waals surface area contributed by atoms with E-state index in [-0.39, 0.29) is 6.61 Å². The second-order valence-electron chi connectivity index (χ2n) is 4.45. The summed E-state index contributed by atoms with van der Waals surface area (Å²) in [6, 6.07) is 0.452. The molecule has 1 saturated heterocycles. The van der Waals surface area contributed by atoms with E-state index in [0.29, 0.717) is 11.3 Å². The van der Waals surface area contributed by atoms with Crippen LogP contribution in [0.5, 0.6) is 0 Å². The van der Waals surface area contributed by atoms with Crippen LogP contribution < -0.4 is 4.90 Å². The summed E-state index contributed by atoms with van der Waals surface area (Å²) in [5.74, 6) is 1.91. The Morgan fingerprint density at radius 3 is 2.94 bits per heavy atom. The van der Waals surface area contributed by atoms with E-state index >= 15 is 0 Å². The molecule has 2 unspecified atom stereocenters. The Balaban J connectivity index is 2.24. The van der Waals surface area contributed by atoms with Crippen molar-refractivity contribution in [2.45, 2.75) is 38.7 Å². The number of hydrogen-bond acceptors (Lipinski definition) is 5. The van der Waals surface area contributed by atoms with Gasteiger partial charge in [-0.3, -0.25) is 0 Å². The predicted octanol–water partition coefficient (Wildman–Crippen LogP) is 1.61. The largest absolute Gasteiger partial charge is 0.392 e. The Morgan fingerprint density at radius 1 is 1.53 bits per heavy atom. The molecule has 2 atom stereocenters. The zero-order valence-corrected chi connectivity index (χ0v) is 11.4. The molecular weight excluding hydrogens is 234 g/mol. The number of hydrogen-bond donors (Lipinski definition) is 1. The van der Waals surface area contributed by atoms with Crippen molar-refractivity contribution in [3.05, 3.63) is 17.5 Å². The van der Waals surface area contributed by atoms with Gasteiger partial charge in [0.25, 0.3) is 0 Å². The van der Waals surface area contributed by atoms with Crippen molar-refractivity contribution < 1.29 is 5.11 Å². The highest BCUT2D eigenvalue weighted by Gasteiger charge is 2.27. The molecule has 94 valence electrons. The molecule has 0 spiro atoms. The Bertz CT molecular complexity index is 399. The quantitative estimate of drug-likeness (QED) is 0.867. The molecule has 5 heteroatoms. The molecule has 1 aliphatic heterocycles. The molecule has 0 amide bonds.